The van der Waals surface area contributed by atoms with Crippen LogP contribution in [-0.2, 0) is 11.2 Å². The molecule has 0 bridgehead atoms. The highest BCUT2D eigenvalue weighted by Crippen LogP contribution is 2.26. The van der Waals surface area contributed by atoms with E-state index in [1.807, 2.05) is 19.1 Å². The third-order valence-corrected chi connectivity index (χ3v) is 5.34. The molecule has 0 heterocycles. The van der Waals surface area contributed by atoms with Gasteiger partial charge >= 0.3 is 0 Å². The van der Waals surface area contributed by atoms with Crippen LogP contribution in [0.5, 0.6) is 0 Å². The second kappa shape index (κ2) is 11.2. The van der Waals surface area contributed by atoms with Gasteiger partial charge in [0.25, 0.3) is 5.91 Å². The van der Waals surface area contributed by atoms with E-state index >= 15 is 0 Å². The first-order chi connectivity index (χ1) is 14.2. The largest absolute Gasteiger partial charge is 0.352 e. The van der Waals surface area contributed by atoms with Gasteiger partial charge in [0.2, 0.25) is 5.91 Å². The molecule has 5 heteroatoms. The van der Waals surface area contributed by atoms with Crippen LogP contribution in [0.1, 0.15) is 68.4 Å². The third-order valence-electron chi connectivity index (χ3n) is 5.01. The lowest BCUT2D eigenvalue weighted by Gasteiger charge is -2.15. The number of benzene rings is 2. The zero-order valence-electron chi connectivity index (χ0n) is 18.6. The van der Waals surface area contributed by atoms with Crippen molar-refractivity contribution in [3.05, 3.63) is 64.2 Å². The summed E-state index contributed by atoms with van der Waals surface area (Å²) in [5.74, 6) is 0.444. The minimum Gasteiger partial charge on any atom is -0.352 e. The predicted molar refractivity (Wildman–Crippen MR) is 125 cm³/mol. The zero-order valence-corrected chi connectivity index (χ0v) is 19.3. The normalized spacial score (nSPS) is 12.1. The van der Waals surface area contributed by atoms with Gasteiger partial charge in [-0.25, -0.2) is 0 Å². The average molecular weight is 429 g/mol. The van der Waals surface area contributed by atoms with Gasteiger partial charge in [0.05, 0.1) is 16.6 Å². The van der Waals surface area contributed by atoms with E-state index in [4.69, 9.17) is 11.6 Å². The van der Waals surface area contributed by atoms with Gasteiger partial charge in [-0.3, -0.25) is 9.59 Å². The summed E-state index contributed by atoms with van der Waals surface area (Å²) in [4.78, 5) is 25.2. The number of hydrogen-bond acceptors (Lipinski definition) is 2. The van der Waals surface area contributed by atoms with Crippen LogP contribution in [0.25, 0.3) is 0 Å². The molecule has 30 heavy (non-hydrogen) atoms. The highest BCUT2D eigenvalue weighted by molar-refractivity contribution is 6.34. The summed E-state index contributed by atoms with van der Waals surface area (Å²) >= 11 is 6.26. The molecule has 0 aliphatic carbocycles. The highest BCUT2D eigenvalue weighted by Gasteiger charge is 2.18. The van der Waals surface area contributed by atoms with Gasteiger partial charge in [-0.2, -0.15) is 0 Å². The molecule has 4 nitrogen and oxygen atoms in total. The van der Waals surface area contributed by atoms with Crippen LogP contribution >= 0.6 is 11.6 Å². The topological polar surface area (TPSA) is 58.2 Å². The minimum atomic E-state index is -0.335. The Balaban J connectivity index is 2.05. The van der Waals surface area contributed by atoms with Crippen LogP contribution in [0.2, 0.25) is 5.02 Å². The monoisotopic (exact) mass is 428 g/mol. The van der Waals surface area contributed by atoms with Crippen molar-refractivity contribution in [2.24, 2.45) is 11.8 Å². The van der Waals surface area contributed by atoms with E-state index in [2.05, 4.69) is 50.5 Å². The summed E-state index contributed by atoms with van der Waals surface area (Å²) in [6.45, 7) is 11.1. The molecule has 1 atom stereocenters. The first kappa shape index (κ1) is 23.9. The molecular weight excluding hydrogens is 396 g/mol. The number of carbonyl (C=O) groups is 2. The van der Waals surface area contributed by atoms with Crippen LogP contribution in [0.4, 0.5) is 5.69 Å². The van der Waals surface area contributed by atoms with Gasteiger partial charge in [0.1, 0.15) is 0 Å². The van der Waals surface area contributed by atoms with E-state index in [0.29, 0.717) is 34.7 Å². The Morgan fingerprint density at radius 1 is 0.933 bits per heavy atom. The van der Waals surface area contributed by atoms with E-state index in [0.717, 1.165) is 18.4 Å². The Morgan fingerprint density at radius 2 is 1.60 bits per heavy atom. The lowest BCUT2D eigenvalue weighted by Crippen LogP contribution is -2.25. The Bertz CT molecular complexity index is 860. The van der Waals surface area contributed by atoms with E-state index in [9.17, 15) is 9.59 Å². The fourth-order valence-corrected chi connectivity index (χ4v) is 3.31. The van der Waals surface area contributed by atoms with Crippen molar-refractivity contribution >= 4 is 29.1 Å². The zero-order chi connectivity index (χ0) is 22.3. The maximum Gasteiger partial charge on any atom is 0.251 e. The molecule has 2 aromatic rings. The first-order valence-corrected chi connectivity index (χ1v) is 11.0. The Hall–Kier alpha value is -2.33. The summed E-state index contributed by atoms with van der Waals surface area (Å²) in [6.07, 6.45) is 1.93. The second-order valence-electron chi connectivity index (χ2n) is 8.68. The van der Waals surface area contributed by atoms with Crippen molar-refractivity contribution in [3.8, 4) is 0 Å². The van der Waals surface area contributed by atoms with Gasteiger partial charge in [-0.05, 0) is 60.9 Å². The number of carbonyl (C=O) groups excluding carboxylic acids is 2. The lowest BCUT2D eigenvalue weighted by atomic mass is 9.96. The van der Waals surface area contributed by atoms with E-state index in [1.165, 1.54) is 5.56 Å². The second-order valence-corrected chi connectivity index (χ2v) is 9.09. The quantitative estimate of drug-likeness (QED) is 0.510. The first-order valence-electron chi connectivity index (χ1n) is 10.6. The number of halogens is 1. The average Bonchev–Trinajstić information content (AvgIpc) is 2.68. The molecule has 0 unspecified atom stereocenters. The fourth-order valence-electron chi connectivity index (χ4n) is 3.14. The molecule has 162 valence electrons. The molecule has 0 radical (unpaired) electrons. The highest BCUT2D eigenvalue weighted by atomic mass is 35.5. The fraction of sp³-hybridized carbons (Fsp3) is 0.440. The van der Waals surface area contributed by atoms with Crippen LogP contribution < -0.4 is 10.6 Å². The third kappa shape index (κ3) is 7.17. The molecule has 0 fully saturated rings. The molecule has 0 spiro atoms. The van der Waals surface area contributed by atoms with Crippen molar-refractivity contribution in [2.75, 3.05) is 11.9 Å². The van der Waals surface area contributed by atoms with Crippen molar-refractivity contribution in [2.45, 2.75) is 53.4 Å². The molecule has 2 N–H and O–H groups in total. The minimum absolute atomic E-state index is 0.161. The SMILES string of the molecule is CC(C)CCNC(=O)c1ccc(Cl)c(NC(=O)[C@@H](C)c2ccc(CC(C)C)cc2)c1. The molecule has 0 saturated carbocycles. The van der Waals surface area contributed by atoms with Crippen molar-refractivity contribution < 1.29 is 9.59 Å². The number of amides is 2. The van der Waals surface area contributed by atoms with Crippen molar-refractivity contribution in [1.29, 1.82) is 0 Å². The van der Waals surface area contributed by atoms with Crippen molar-refractivity contribution in [3.63, 3.8) is 0 Å². The molecular formula is C25H33ClN2O2. The summed E-state index contributed by atoms with van der Waals surface area (Å²) in [5.41, 5.74) is 3.13. The Kier molecular flexibility index (Phi) is 8.91. The van der Waals surface area contributed by atoms with E-state index < -0.39 is 0 Å². The molecule has 0 aromatic heterocycles. The van der Waals surface area contributed by atoms with Gasteiger partial charge < -0.3 is 10.6 Å². The maximum absolute atomic E-state index is 12.8. The molecule has 2 amide bonds. The molecule has 0 aliphatic rings. The summed E-state index contributed by atoms with van der Waals surface area (Å²) in [5, 5.41) is 6.18. The van der Waals surface area contributed by atoms with Crippen LogP contribution in [0.3, 0.4) is 0 Å². The lowest BCUT2D eigenvalue weighted by molar-refractivity contribution is -0.117. The standard InChI is InChI=1S/C25H33ClN2O2/c1-16(2)12-13-27-25(30)21-10-11-22(26)23(15-21)28-24(29)18(5)20-8-6-19(7-9-20)14-17(3)4/h6-11,15-18H,12-14H2,1-5H3,(H,27,30)(H,28,29)/t18-/m0/s1. The molecule has 0 saturated heterocycles. The predicted octanol–water partition coefficient (Wildman–Crippen LogP) is 6.06. The Labute approximate surface area is 185 Å². The van der Waals surface area contributed by atoms with Crippen LogP contribution in [0.15, 0.2) is 42.5 Å². The Morgan fingerprint density at radius 3 is 2.20 bits per heavy atom. The number of nitrogens with one attached hydrogen (secondary N) is 2. The summed E-state index contributed by atoms with van der Waals surface area (Å²) in [7, 11) is 0. The van der Waals surface area contributed by atoms with Gasteiger partial charge in [0.15, 0.2) is 0 Å². The number of anilines is 1. The molecule has 0 aliphatic heterocycles. The summed E-state index contributed by atoms with van der Waals surface area (Å²) < 4.78 is 0. The van der Waals surface area contributed by atoms with Crippen LogP contribution in [0, 0.1) is 11.8 Å². The van der Waals surface area contributed by atoms with Gasteiger partial charge in [-0.15, -0.1) is 0 Å². The maximum atomic E-state index is 12.8. The van der Waals surface area contributed by atoms with Crippen LogP contribution in [-0.4, -0.2) is 18.4 Å². The molecule has 2 rings (SSSR count). The number of rotatable bonds is 9. The molecule has 2 aromatic carbocycles. The number of hydrogen-bond donors (Lipinski definition) is 2. The van der Waals surface area contributed by atoms with E-state index in [1.54, 1.807) is 18.2 Å². The smallest absolute Gasteiger partial charge is 0.251 e. The summed E-state index contributed by atoms with van der Waals surface area (Å²) in [6, 6.07) is 13.1. The van der Waals surface area contributed by atoms with Crippen molar-refractivity contribution in [1.82, 2.24) is 5.32 Å². The van der Waals surface area contributed by atoms with E-state index in [-0.39, 0.29) is 17.7 Å². The van der Waals surface area contributed by atoms with Gasteiger partial charge in [0, 0.05) is 12.1 Å². The van der Waals surface area contributed by atoms with Gasteiger partial charge in [-0.1, -0.05) is 63.6 Å².